The summed E-state index contributed by atoms with van der Waals surface area (Å²) in [5, 5.41) is 9.47. The lowest BCUT2D eigenvalue weighted by Gasteiger charge is -2.16. The Balaban J connectivity index is 2.08. The van der Waals surface area contributed by atoms with E-state index in [9.17, 15) is 9.90 Å². The lowest BCUT2D eigenvalue weighted by Crippen LogP contribution is -2.28. The molecule has 0 saturated heterocycles. The summed E-state index contributed by atoms with van der Waals surface area (Å²) in [5.41, 5.74) is 0.327. The van der Waals surface area contributed by atoms with E-state index in [4.69, 9.17) is 0 Å². The molecule has 2 rings (SSSR count). The van der Waals surface area contributed by atoms with Crippen LogP contribution in [0.1, 0.15) is 23.2 Å². The van der Waals surface area contributed by atoms with Gasteiger partial charge < -0.3 is 10.0 Å². The molecular formula is C11H14N2O2. The van der Waals surface area contributed by atoms with Gasteiger partial charge >= 0.3 is 0 Å². The van der Waals surface area contributed by atoms with Gasteiger partial charge in [-0.1, -0.05) is 0 Å². The average molecular weight is 206 g/mol. The van der Waals surface area contributed by atoms with Crippen LogP contribution in [0.2, 0.25) is 0 Å². The Morgan fingerprint density at radius 2 is 2.40 bits per heavy atom. The van der Waals surface area contributed by atoms with Crippen LogP contribution in [0.3, 0.4) is 0 Å². The molecule has 0 bridgehead atoms. The molecular weight excluding hydrogens is 192 g/mol. The van der Waals surface area contributed by atoms with E-state index < -0.39 is 0 Å². The molecule has 0 unspecified atom stereocenters. The number of aromatic nitrogens is 1. The molecule has 15 heavy (non-hydrogen) atoms. The molecule has 0 radical (unpaired) electrons. The maximum atomic E-state index is 11.9. The number of rotatable bonds is 3. The summed E-state index contributed by atoms with van der Waals surface area (Å²) in [6, 6.07) is 1.54. The molecule has 1 N–H and O–H groups in total. The first-order chi connectivity index (χ1) is 7.18. The second-order valence-corrected chi connectivity index (χ2v) is 4.02. The van der Waals surface area contributed by atoms with Gasteiger partial charge in [-0.25, -0.2) is 0 Å². The summed E-state index contributed by atoms with van der Waals surface area (Å²) >= 11 is 0. The summed E-state index contributed by atoms with van der Waals surface area (Å²) in [4.78, 5) is 17.3. The molecule has 1 aromatic rings. The minimum atomic E-state index is -0.137. The first-order valence-corrected chi connectivity index (χ1v) is 5.07. The highest BCUT2D eigenvalue weighted by Crippen LogP contribution is 2.30. The van der Waals surface area contributed by atoms with Crippen LogP contribution in [-0.4, -0.2) is 34.5 Å². The highest BCUT2D eigenvalue weighted by atomic mass is 16.3. The van der Waals surface area contributed by atoms with Crippen molar-refractivity contribution < 1.29 is 9.90 Å². The van der Waals surface area contributed by atoms with Gasteiger partial charge in [0.05, 0.1) is 11.8 Å². The summed E-state index contributed by atoms with van der Waals surface area (Å²) in [6.45, 7) is 0.778. The number of hydrogen-bond donors (Lipinski definition) is 1. The fraction of sp³-hybridized carbons (Fsp3) is 0.455. The van der Waals surface area contributed by atoms with Gasteiger partial charge in [0, 0.05) is 19.8 Å². The zero-order valence-corrected chi connectivity index (χ0v) is 8.68. The normalized spacial score (nSPS) is 15.0. The van der Waals surface area contributed by atoms with Crippen molar-refractivity contribution in [3.63, 3.8) is 0 Å². The van der Waals surface area contributed by atoms with Crippen LogP contribution in [0.25, 0.3) is 0 Å². The van der Waals surface area contributed by atoms with Crippen LogP contribution in [0.4, 0.5) is 0 Å². The number of hydrogen-bond acceptors (Lipinski definition) is 3. The van der Waals surface area contributed by atoms with Crippen LogP contribution >= 0.6 is 0 Å². The third kappa shape index (κ3) is 2.26. The molecule has 1 aliphatic rings. The van der Waals surface area contributed by atoms with Crippen LogP contribution in [0.5, 0.6) is 5.75 Å². The topological polar surface area (TPSA) is 53.4 Å². The number of amides is 1. The minimum Gasteiger partial charge on any atom is -0.505 e. The molecule has 1 amide bonds. The number of nitrogens with zero attached hydrogens (tertiary/aromatic N) is 2. The van der Waals surface area contributed by atoms with E-state index in [2.05, 4.69) is 4.98 Å². The van der Waals surface area contributed by atoms with Gasteiger partial charge in [-0.15, -0.1) is 0 Å². The third-order valence-electron chi connectivity index (χ3n) is 2.61. The minimum absolute atomic E-state index is 0.0508. The Labute approximate surface area is 88.6 Å². The van der Waals surface area contributed by atoms with Crippen molar-refractivity contribution in [2.45, 2.75) is 12.8 Å². The van der Waals surface area contributed by atoms with Crippen molar-refractivity contribution in [1.82, 2.24) is 9.88 Å². The molecule has 1 aromatic heterocycles. The third-order valence-corrected chi connectivity index (χ3v) is 2.61. The lowest BCUT2D eigenvalue weighted by molar-refractivity contribution is 0.0785. The number of carbonyl (C=O) groups is 1. The maximum absolute atomic E-state index is 11.9. The van der Waals surface area contributed by atoms with Crippen molar-refractivity contribution in [3.05, 3.63) is 24.0 Å². The molecule has 4 nitrogen and oxygen atoms in total. The monoisotopic (exact) mass is 206 g/mol. The Bertz CT molecular complexity index is 375. The SMILES string of the molecule is CN(CC1CC1)C(=O)c1ccncc1O. The van der Waals surface area contributed by atoms with Gasteiger partial charge in [-0.05, 0) is 24.8 Å². The smallest absolute Gasteiger partial charge is 0.257 e. The number of carbonyl (C=O) groups excluding carboxylic acids is 1. The van der Waals surface area contributed by atoms with E-state index in [-0.39, 0.29) is 11.7 Å². The molecule has 80 valence electrons. The quantitative estimate of drug-likeness (QED) is 0.810. The number of pyridine rings is 1. The average Bonchev–Trinajstić information content (AvgIpc) is 3.01. The molecule has 0 aromatic carbocycles. The van der Waals surface area contributed by atoms with Crippen LogP contribution in [-0.2, 0) is 0 Å². The molecule has 1 saturated carbocycles. The maximum Gasteiger partial charge on any atom is 0.257 e. The van der Waals surface area contributed by atoms with Crippen LogP contribution in [0.15, 0.2) is 18.5 Å². The first-order valence-electron chi connectivity index (χ1n) is 5.07. The second-order valence-electron chi connectivity index (χ2n) is 4.02. The molecule has 1 heterocycles. The van der Waals surface area contributed by atoms with E-state index in [0.717, 1.165) is 6.54 Å². The summed E-state index contributed by atoms with van der Waals surface area (Å²) < 4.78 is 0. The molecule has 4 heteroatoms. The zero-order valence-electron chi connectivity index (χ0n) is 8.68. The largest absolute Gasteiger partial charge is 0.505 e. The standard InChI is InChI=1S/C11H14N2O2/c1-13(7-8-2-3-8)11(15)9-4-5-12-6-10(9)14/h4-6,8,14H,2-3,7H2,1H3. The fourth-order valence-electron chi connectivity index (χ4n) is 1.54. The molecule has 1 aliphatic carbocycles. The molecule has 0 spiro atoms. The van der Waals surface area contributed by atoms with E-state index in [1.54, 1.807) is 18.0 Å². The van der Waals surface area contributed by atoms with E-state index in [0.29, 0.717) is 11.5 Å². The Morgan fingerprint density at radius 3 is 3.00 bits per heavy atom. The van der Waals surface area contributed by atoms with Crippen molar-refractivity contribution >= 4 is 5.91 Å². The summed E-state index contributed by atoms with van der Waals surface area (Å²) in [6.07, 6.45) is 5.22. The van der Waals surface area contributed by atoms with Gasteiger partial charge in [0.2, 0.25) is 0 Å². The van der Waals surface area contributed by atoms with Crippen LogP contribution < -0.4 is 0 Å². The van der Waals surface area contributed by atoms with E-state index in [1.165, 1.54) is 25.2 Å². The van der Waals surface area contributed by atoms with E-state index in [1.807, 2.05) is 0 Å². The fourth-order valence-corrected chi connectivity index (χ4v) is 1.54. The summed E-state index contributed by atoms with van der Waals surface area (Å²) in [7, 11) is 1.76. The Morgan fingerprint density at radius 1 is 1.67 bits per heavy atom. The van der Waals surface area contributed by atoms with Crippen molar-refractivity contribution in [3.8, 4) is 5.75 Å². The predicted octanol–water partition coefficient (Wildman–Crippen LogP) is 1.27. The van der Waals surface area contributed by atoms with E-state index >= 15 is 0 Å². The molecule has 0 atom stereocenters. The summed E-state index contributed by atoms with van der Waals surface area (Å²) in [5.74, 6) is 0.467. The van der Waals surface area contributed by atoms with Gasteiger partial charge in [0.15, 0.2) is 0 Å². The van der Waals surface area contributed by atoms with Gasteiger partial charge in [0.25, 0.3) is 5.91 Å². The highest BCUT2D eigenvalue weighted by Gasteiger charge is 2.25. The van der Waals surface area contributed by atoms with Gasteiger partial charge in [-0.2, -0.15) is 0 Å². The predicted molar refractivity (Wildman–Crippen MR) is 55.6 cm³/mol. The lowest BCUT2D eigenvalue weighted by atomic mass is 10.2. The highest BCUT2D eigenvalue weighted by molar-refractivity contribution is 5.96. The van der Waals surface area contributed by atoms with Gasteiger partial charge in [0.1, 0.15) is 5.75 Å². The zero-order chi connectivity index (χ0) is 10.8. The van der Waals surface area contributed by atoms with Gasteiger partial charge in [-0.3, -0.25) is 9.78 Å². The first kappa shape index (κ1) is 9.96. The van der Waals surface area contributed by atoms with Crippen molar-refractivity contribution in [2.24, 2.45) is 5.92 Å². The number of aromatic hydroxyl groups is 1. The molecule has 0 aliphatic heterocycles. The molecule has 1 fully saturated rings. The second kappa shape index (κ2) is 3.88. The van der Waals surface area contributed by atoms with Crippen molar-refractivity contribution in [1.29, 1.82) is 0 Å². The van der Waals surface area contributed by atoms with Crippen LogP contribution in [0, 0.1) is 5.92 Å². The Kier molecular flexibility index (Phi) is 2.58. The van der Waals surface area contributed by atoms with Crippen molar-refractivity contribution in [2.75, 3.05) is 13.6 Å². The Hall–Kier alpha value is -1.58.